The normalized spacial score (nSPS) is 22.8. The molecule has 1 heterocycles. The summed E-state index contributed by atoms with van der Waals surface area (Å²) >= 11 is 0. The molecule has 0 bridgehead atoms. The molecule has 1 rings (SSSR count). The maximum absolute atomic E-state index is 11.9. The van der Waals surface area contributed by atoms with Gasteiger partial charge in [0.1, 0.15) is 0 Å². The lowest BCUT2D eigenvalue weighted by Crippen LogP contribution is -2.33. The van der Waals surface area contributed by atoms with E-state index in [4.69, 9.17) is 4.74 Å². The molecule has 6 heteroatoms. The summed E-state index contributed by atoms with van der Waals surface area (Å²) in [5.74, 6) is 0.555. The molecule has 0 aromatic heterocycles. The molecule has 5 nitrogen and oxygen atoms in total. The average Bonchev–Trinajstić information content (AvgIpc) is 2.68. The van der Waals surface area contributed by atoms with Crippen molar-refractivity contribution in [1.82, 2.24) is 9.62 Å². The predicted molar refractivity (Wildman–Crippen MR) is 63.9 cm³/mol. The number of ether oxygens (including phenoxy) is 1. The molecule has 0 amide bonds. The van der Waals surface area contributed by atoms with Gasteiger partial charge < -0.3 is 10.1 Å². The fourth-order valence-corrected chi connectivity index (χ4v) is 3.35. The quantitative estimate of drug-likeness (QED) is 0.641. The zero-order valence-electron chi connectivity index (χ0n) is 10.1. The molecular formula is C10H22N2O3S. The van der Waals surface area contributed by atoms with Crippen LogP contribution in [0.2, 0.25) is 0 Å². The van der Waals surface area contributed by atoms with E-state index < -0.39 is 10.0 Å². The zero-order chi connectivity index (χ0) is 12.0. The smallest absolute Gasteiger partial charge is 0.216 e. The second-order valence-corrected chi connectivity index (χ2v) is 6.17. The molecule has 0 aromatic rings. The van der Waals surface area contributed by atoms with Crippen LogP contribution < -0.4 is 5.32 Å². The third-order valence-corrected chi connectivity index (χ3v) is 4.63. The summed E-state index contributed by atoms with van der Waals surface area (Å²) in [5, 5.41) is 3.09. The minimum Gasteiger partial charge on any atom is -0.381 e. The minimum absolute atomic E-state index is 0.104. The Balaban J connectivity index is 2.39. The highest BCUT2D eigenvalue weighted by molar-refractivity contribution is 7.89. The highest BCUT2D eigenvalue weighted by atomic mass is 32.2. The molecule has 96 valence electrons. The van der Waals surface area contributed by atoms with Crippen LogP contribution >= 0.6 is 0 Å². The number of rotatable bonds is 7. The monoisotopic (exact) mass is 250 g/mol. The Hall–Kier alpha value is -0.170. The first-order valence-electron chi connectivity index (χ1n) is 5.80. The SMILES string of the molecule is CCOCCS(=O)(=O)N1CCC(CNC)C1. The lowest BCUT2D eigenvalue weighted by atomic mass is 10.1. The van der Waals surface area contributed by atoms with Gasteiger partial charge in [0.15, 0.2) is 0 Å². The third-order valence-electron chi connectivity index (χ3n) is 2.82. The van der Waals surface area contributed by atoms with Crippen molar-refractivity contribution >= 4 is 10.0 Å². The molecule has 1 aliphatic heterocycles. The molecule has 1 aliphatic rings. The van der Waals surface area contributed by atoms with Crippen LogP contribution in [0.3, 0.4) is 0 Å². The van der Waals surface area contributed by atoms with Gasteiger partial charge in [-0.15, -0.1) is 0 Å². The van der Waals surface area contributed by atoms with Crippen molar-refractivity contribution in [3.05, 3.63) is 0 Å². The summed E-state index contributed by atoms with van der Waals surface area (Å²) in [4.78, 5) is 0. The van der Waals surface area contributed by atoms with Crippen molar-refractivity contribution in [2.45, 2.75) is 13.3 Å². The van der Waals surface area contributed by atoms with E-state index in [1.807, 2.05) is 14.0 Å². The maximum atomic E-state index is 11.9. The number of hydrogen-bond donors (Lipinski definition) is 1. The first-order chi connectivity index (χ1) is 7.60. The Kier molecular flexibility index (Phi) is 5.68. The van der Waals surface area contributed by atoms with Gasteiger partial charge in [-0.3, -0.25) is 0 Å². The standard InChI is InChI=1S/C10H22N2O3S/c1-3-15-6-7-16(13,14)12-5-4-10(9-12)8-11-2/h10-11H,3-9H2,1-2H3. The summed E-state index contributed by atoms with van der Waals surface area (Å²) in [7, 11) is -1.21. The fourth-order valence-electron chi connectivity index (χ4n) is 1.94. The first-order valence-corrected chi connectivity index (χ1v) is 7.41. The van der Waals surface area contributed by atoms with Gasteiger partial charge in [0.05, 0.1) is 12.4 Å². The second-order valence-electron chi connectivity index (χ2n) is 4.08. The lowest BCUT2D eigenvalue weighted by molar-refractivity contribution is 0.162. The lowest BCUT2D eigenvalue weighted by Gasteiger charge is -2.16. The number of nitrogens with zero attached hydrogens (tertiary/aromatic N) is 1. The van der Waals surface area contributed by atoms with Crippen molar-refractivity contribution < 1.29 is 13.2 Å². The van der Waals surface area contributed by atoms with E-state index in [0.717, 1.165) is 13.0 Å². The van der Waals surface area contributed by atoms with Crippen LogP contribution in [0.5, 0.6) is 0 Å². The van der Waals surface area contributed by atoms with Crippen molar-refractivity contribution in [2.24, 2.45) is 5.92 Å². The van der Waals surface area contributed by atoms with E-state index in [0.29, 0.717) is 32.2 Å². The molecular weight excluding hydrogens is 228 g/mol. The summed E-state index contributed by atoms with van der Waals surface area (Å²) in [6, 6.07) is 0. The van der Waals surface area contributed by atoms with Gasteiger partial charge >= 0.3 is 0 Å². The summed E-state index contributed by atoms with van der Waals surface area (Å²) in [5.41, 5.74) is 0. The summed E-state index contributed by atoms with van der Waals surface area (Å²) in [6.07, 6.45) is 0.953. The van der Waals surface area contributed by atoms with Crippen LogP contribution in [-0.4, -0.2) is 58.4 Å². The molecule has 1 atom stereocenters. The molecule has 16 heavy (non-hydrogen) atoms. The molecule has 1 fully saturated rings. The van der Waals surface area contributed by atoms with E-state index in [2.05, 4.69) is 5.32 Å². The van der Waals surface area contributed by atoms with Gasteiger partial charge in [-0.05, 0) is 32.9 Å². The topological polar surface area (TPSA) is 58.6 Å². The van der Waals surface area contributed by atoms with Gasteiger partial charge in [0, 0.05) is 19.7 Å². The Morgan fingerprint density at radius 1 is 1.50 bits per heavy atom. The highest BCUT2D eigenvalue weighted by Gasteiger charge is 2.30. The Morgan fingerprint density at radius 2 is 2.25 bits per heavy atom. The Morgan fingerprint density at radius 3 is 2.88 bits per heavy atom. The minimum atomic E-state index is -3.10. The number of sulfonamides is 1. The van der Waals surface area contributed by atoms with Crippen LogP contribution in [0.25, 0.3) is 0 Å². The average molecular weight is 250 g/mol. The van der Waals surface area contributed by atoms with Crippen LogP contribution in [-0.2, 0) is 14.8 Å². The second kappa shape index (κ2) is 6.54. The van der Waals surface area contributed by atoms with Crippen molar-refractivity contribution in [1.29, 1.82) is 0 Å². The third kappa shape index (κ3) is 4.01. The highest BCUT2D eigenvalue weighted by Crippen LogP contribution is 2.18. The Labute approximate surface area is 98.2 Å². The van der Waals surface area contributed by atoms with Crippen LogP contribution in [0.1, 0.15) is 13.3 Å². The Bertz CT molecular complexity index is 292. The molecule has 0 radical (unpaired) electrons. The van der Waals surface area contributed by atoms with Gasteiger partial charge in [-0.1, -0.05) is 0 Å². The van der Waals surface area contributed by atoms with Crippen molar-refractivity contribution in [3.63, 3.8) is 0 Å². The van der Waals surface area contributed by atoms with E-state index in [1.165, 1.54) is 0 Å². The zero-order valence-corrected chi connectivity index (χ0v) is 10.9. The molecule has 0 spiro atoms. The number of nitrogens with one attached hydrogen (secondary N) is 1. The molecule has 1 N–H and O–H groups in total. The largest absolute Gasteiger partial charge is 0.381 e. The number of hydrogen-bond acceptors (Lipinski definition) is 4. The maximum Gasteiger partial charge on any atom is 0.216 e. The van der Waals surface area contributed by atoms with Crippen molar-refractivity contribution in [3.8, 4) is 0 Å². The van der Waals surface area contributed by atoms with Gasteiger partial charge in [-0.25, -0.2) is 12.7 Å². The molecule has 1 unspecified atom stereocenters. The fraction of sp³-hybridized carbons (Fsp3) is 1.00. The van der Waals surface area contributed by atoms with Gasteiger partial charge in [0.25, 0.3) is 0 Å². The predicted octanol–water partition coefficient (Wildman–Crippen LogP) is -0.106. The summed E-state index contributed by atoms with van der Waals surface area (Å²) < 4.78 is 30.4. The van der Waals surface area contributed by atoms with E-state index in [9.17, 15) is 8.42 Å². The van der Waals surface area contributed by atoms with Crippen LogP contribution in [0.4, 0.5) is 0 Å². The molecule has 0 aliphatic carbocycles. The van der Waals surface area contributed by atoms with Gasteiger partial charge in [0.2, 0.25) is 10.0 Å². The molecule has 0 aromatic carbocycles. The van der Waals surface area contributed by atoms with Crippen LogP contribution in [0, 0.1) is 5.92 Å². The van der Waals surface area contributed by atoms with Crippen LogP contribution in [0.15, 0.2) is 0 Å². The van der Waals surface area contributed by atoms with Gasteiger partial charge in [-0.2, -0.15) is 0 Å². The van der Waals surface area contributed by atoms with E-state index in [1.54, 1.807) is 4.31 Å². The molecule has 1 saturated heterocycles. The van der Waals surface area contributed by atoms with E-state index in [-0.39, 0.29) is 5.75 Å². The van der Waals surface area contributed by atoms with E-state index >= 15 is 0 Å². The summed E-state index contributed by atoms with van der Waals surface area (Å²) in [6.45, 7) is 4.92. The first kappa shape index (κ1) is 13.9. The van der Waals surface area contributed by atoms with Crippen molar-refractivity contribution in [2.75, 3.05) is 45.6 Å². The molecule has 0 saturated carbocycles.